The first-order valence-corrected chi connectivity index (χ1v) is 10.4. The van der Waals surface area contributed by atoms with E-state index in [9.17, 15) is 8.42 Å². The molecule has 0 amide bonds. The predicted molar refractivity (Wildman–Crippen MR) is 100 cm³/mol. The van der Waals surface area contributed by atoms with Crippen molar-refractivity contribution in [3.05, 3.63) is 52.3 Å². The highest BCUT2D eigenvalue weighted by molar-refractivity contribution is 7.89. The predicted octanol–water partition coefficient (Wildman–Crippen LogP) is 4.70. The van der Waals surface area contributed by atoms with Gasteiger partial charge in [0.2, 0.25) is 0 Å². The van der Waals surface area contributed by atoms with Gasteiger partial charge in [0.05, 0.1) is 21.1 Å². The van der Waals surface area contributed by atoms with E-state index in [2.05, 4.69) is 4.98 Å². The number of nitrogens with zero attached hydrogens (tertiary/aromatic N) is 2. The number of aryl methyl sites for hydroxylation is 1. The minimum Gasteiger partial charge on any atom is -0.454 e. The van der Waals surface area contributed by atoms with Gasteiger partial charge < -0.3 is 9.30 Å². The fourth-order valence-electron chi connectivity index (χ4n) is 2.61. The lowest BCUT2D eigenvalue weighted by Crippen LogP contribution is -2.08. The molecule has 3 rings (SSSR count). The number of aromatic nitrogens is 2. The summed E-state index contributed by atoms with van der Waals surface area (Å²) in [6, 6.07) is 10.5. The van der Waals surface area contributed by atoms with E-state index in [-0.39, 0.29) is 5.75 Å². The summed E-state index contributed by atoms with van der Waals surface area (Å²) in [5.74, 6) is 1.32. The highest BCUT2D eigenvalue weighted by Crippen LogP contribution is 2.36. The minimum absolute atomic E-state index is 0.109. The fourth-order valence-corrected chi connectivity index (χ4v) is 3.78. The molecular formula is C17H16Cl2N2O3S. The molecule has 0 fully saturated rings. The number of hydrogen-bond donors (Lipinski definition) is 0. The standard InChI is InChI=1S/C17H16Cl2N2O3S/c1-3-21-15-9-11(24-17-12(18)5-4-6-13(17)19)7-8-14(15)20-16(21)10-25(2,22)23/h4-9H,3,10H2,1-2H3. The van der Waals surface area contributed by atoms with Crippen molar-refractivity contribution in [2.24, 2.45) is 0 Å². The Morgan fingerprint density at radius 3 is 2.44 bits per heavy atom. The highest BCUT2D eigenvalue weighted by atomic mass is 35.5. The third-order valence-electron chi connectivity index (χ3n) is 3.65. The lowest BCUT2D eigenvalue weighted by molar-refractivity contribution is 0.483. The third-order valence-corrected chi connectivity index (χ3v) is 5.02. The van der Waals surface area contributed by atoms with Crippen LogP contribution in [0, 0.1) is 0 Å². The van der Waals surface area contributed by atoms with Crippen molar-refractivity contribution in [3.8, 4) is 11.5 Å². The van der Waals surface area contributed by atoms with E-state index < -0.39 is 9.84 Å². The normalized spacial score (nSPS) is 11.8. The van der Waals surface area contributed by atoms with Crippen LogP contribution in [-0.4, -0.2) is 24.2 Å². The smallest absolute Gasteiger partial charge is 0.164 e. The summed E-state index contributed by atoms with van der Waals surface area (Å²) in [6.45, 7) is 2.53. The summed E-state index contributed by atoms with van der Waals surface area (Å²) < 4.78 is 30.9. The van der Waals surface area contributed by atoms with E-state index in [1.165, 1.54) is 6.26 Å². The van der Waals surface area contributed by atoms with Crippen molar-refractivity contribution in [2.45, 2.75) is 19.2 Å². The fraction of sp³-hybridized carbons (Fsp3) is 0.235. The van der Waals surface area contributed by atoms with E-state index >= 15 is 0 Å². The number of fused-ring (bicyclic) bond motifs is 1. The van der Waals surface area contributed by atoms with Crippen LogP contribution in [0.2, 0.25) is 10.0 Å². The van der Waals surface area contributed by atoms with Gasteiger partial charge in [0.15, 0.2) is 15.6 Å². The topological polar surface area (TPSA) is 61.2 Å². The molecule has 0 aliphatic heterocycles. The van der Waals surface area contributed by atoms with Crippen LogP contribution in [0.15, 0.2) is 36.4 Å². The van der Waals surface area contributed by atoms with E-state index in [1.54, 1.807) is 36.4 Å². The number of ether oxygens (including phenoxy) is 1. The van der Waals surface area contributed by atoms with Crippen molar-refractivity contribution >= 4 is 44.1 Å². The molecule has 1 heterocycles. The Morgan fingerprint density at radius 2 is 1.84 bits per heavy atom. The van der Waals surface area contributed by atoms with E-state index in [0.29, 0.717) is 39.4 Å². The number of imidazole rings is 1. The molecule has 25 heavy (non-hydrogen) atoms. The van der Waals surface area contributed by atoms with Crippen LogP contribution in [0.25, 0.3) is 11.0 Å². The first-order valence-electron chi connectivity index (χ1n) is 7.57. The Bertz CT molecular complexity index is 1030. The lowest BCUT2D eigenvalue weighted by Gasteiger charge is -2.10. The molecule has 0 spiro atoms. The summed E-state index contributed by atoms with van der Waals surface area (Å²) in [6.07, 6.45) is 1.19. The van der Waals surface area contributed by atoms with Crippen LogP contribution in [0.5, 0.6) is 11.5 Å². The van der Waals surface area contributed by atoms with Crippen LogP contribution in [0.4, 0.5) is 0 Å². The number of benzene rings is 2. The molecule has 0 radical (unpaired) electrons. The van der Waals surface area contributed by atoms with Crippen molar-refractivity contribution in [3.63, 3.8) is 0 Å². The molecule has 2 aromatic carbocycles. The summed E-state index contributed by atoms with van der Waals surface area (Å²) in [5.41, 5.74) is 1.50. The second-order valence-electron chi connectivity index (χ2n) is 5.65. The van der Waals surface area contributed by atoms with Crippen LogP contribution in [0.1, 0.15) is 12.7 Å². The average Bonchev–Trinajstić information content (AvgIpc) is 2.85. The second-order valence-corrected chi connectivity index (χ2v) is 8.60. The number of sulfone groups is 1. The molecule has 8 heteroatoms. The van der Waals surface area contributed by atoms with Crippen molar-refractivity contribution in [1.82, 2.24) is 9.55 Å². The van der Waals surface area contributed by atoms with Crippen molar-refractivity contribution < 1.29 is 13.2 Å². The molecule has 0 unspecified atom stereocenters. The Kier molecular flexibility index (Phi) is 4.95. The molecule has 0 aliphatic rings. The molecule has 5 nitrogen and oxygen atoms in total. The van der Waals surface area contributed by atoms with Gasteiger partial charge in [0.25, 0.3) is 0 Å². The molecular weight excluding hydrogens is 383 g/mol. The Morgan fingerprint density at radius 1 is 1.16 bits per heavy atom. The first-order chi connectivity index (χ1) is 11.8. The molecule has 0 N–H and O–H groups in total. The maximum Gasteiger partial charge on any atom is 0.164 e. The van der Waals surface area contributed by atoms with Gasteiger partial charge in [-0.1, -0.05) is 29.3 Å². The van der Waals surface area contributed by atoms with Crippen LogP contribution < -0.4 is 4.74 Å². The summed E-state index contributed by atoms with van der Waals surface area (Å²) in [5, 5.41) is 0.823. The zero-order valence-corrected chi connectivity index (χ0v) is 16.0. The number of halogens is 2. The molecule has 3 aromatic rings. The Labute approximate surface area is 156 Å². The van der Waals surface area contributed by atoms with Crippen LogP contribution in [0.3, 0.4) is 0 Å². The monoisotopic (exact) mass is 398 g/mol. The third kappa shape index (κ3) is 3.92. The molecule has 0 aliphatic carbocycles. The average molecular weight is 399 g/mol. The van der Waals surface area contributed by atoms with Gasteiger partial charge in [-0.3, -0.25) is 0 Å². The lowest BCUT2D eigenvalue weighted by atomic mass is 10.3. The van der Waals surface area contributed by atoms with Gasteiger partial charge in [0, 0.05) is 18.9 Å². The second kappa shape index (κ2) is 6.86. The molecule has 0 atom stereocenters. The quantitative estimate of drug-likeness (QED) is 0.624. The number of para-hydroxylation sites is 1. The summed E-state index contributed by atoms with van der Waals surface area (Å²) in [7, 11) is -3.18. The Hall–Kier alpha value is -1.76. The van der Waals surface area contributed by atoms with E-state index in [4.69, 9.17) is 27.9 Å². The highest BCUT2D eigenvalue weighted by Gasteiger charge is 2.16. The maximum absolute atomic E-state index is 11.6. The van der Waals surface area contributed by atoms with Crippen LogP contribution >= 0.6 is 23.2 Å². The zero-order valence-electron chi connectivity index (χ0n) is 13.7. The van der Waals surface area contributed by atoms with Gasteiger partial charge in [0.1, 0.15) is 17.3 Å². The SMILES string of the molecule is CCn1c(CS(C)(=O)=O)nc2ccc(Oc3c(Cl)cccc3Cl)cc21. The van der Waals surface area contributed by atoms with Gasteiger partial charge in [-0.2, -0.15) is 0 Å². The van der Waals surface area contributed by atoms with Gasteiger partial charge in [-0.05, 0) is 31.2 Å². The molecule has 132 valence electrons. The molecule has 0 bridgehead atoms. The zero-order chi connectivity index (χ0) is 18.2. The minimum atomic E-state index is -3.18. The van der Waals surface area contributed by atoms with Crippen molar-refractivity contribution in [2.75, 3.05) is 6.26 Å². The largest absolute Gasteiger partial charge is 0.454 e. The molecule has 1 aromatic heterocycles. The maximum atomic E-state index is 11.6. The van der Waals surface area contributed by atoms with Gasteiger partial charge in [-0.25, -0.2) is 13.4 Å². The number of rotatable bonds is 5. The molecule has 0 saturated carbocycles. The first kappa shape index (κ1) is 18.0. The van der Waals surface area contributed by atoms with E-state index in [0.717, 1.165) is 5.52 Å². The molecule has 0 saturated heterocycles. The Balaban J connectivity index is 2.05. The number of hydrogen-bond acceptors (Lipinski definition) is 4. The van der Waals surface area contributed by atoms with Crippen molar-refractivity contribution in [1.29, 1.82) is 0 Å². The summed E-state index contributed by atoms with van der Waals surface area (Å²) in [4.78, 5) is 4.43. The van der Waals surface area contributed by atoms with E-state index in [1.807, 2.05) is 11.5 Å². The van der Waals surface area contributed by atoms with Gasteiger partial charge >= 0.3 is 0 Å². The summed E-state index contributed by atoms with van der Waals surface area (Å²) >= 11 is 12.3. The van der Waals surface area contributed by atoms with Crippen LogP contribution in [-0.2, 0) is 22.1 Å². The van der Waals surface area contributed by atoms with Gasteiger partial charge in [-0.15, -0.1) is 0 Å².